The first-order valence-electron chi connectivity index (χ1n) is 6.28. The smallest absolute Gasteiger partial charge is 0.151 e. The number of hydrogen-bond donors (Lipinski definition) is 1. The van der Waals surface area contributed by atoms with Gasteiger partial charge in [-0.05, 0) is 12.5 Å². The minimum Gasteiger partial charge on any atom is -0.491 e. The molecular formula is C14H22FNO2. The summed E-state index contributed by atoms with van der Waals surface area (Å²) in [5.41, 5.74) is 4.61. The number of rotatable bonds is 8. The zero-order chi connectivity index (χ0) is 13.4. The molecular weight excluding hydrogens is 233 g/mol. The van der Waals surface area contributed by atoms with E-state index in [2.05, 4.69) is 0 Å². The second-order valence-electron chi connectivity index (χ2n) is 4.26. The highest BCUT2D eigenvalue weighted by atomic mass is 19.1. The molecule has 0 aromatic heterocycles. The summed E-state index contributed by atoms with van der Waals surface area (Å²) in [4.78, 5) is 0. The number of para-hydroxylation sites is 1. The molecule has 1 aromatic carbocycles. The third-order valence-electron chi connectivity index (χ3n) is 2.88. The molecule has 4 heteroatoms. The third-order valence-corrected chi connectivity index (χ3v) is 2.88. The van der Waals surface area contributed by atoms with Crippen LogP contribution in [0.15, 0.2) is 24.3 Å². The molecule has 1 unspecified atom stereocenters. The minimum absolute atomic E-state index is 0.0362. The molecule has 0 spiro atoms. The lowest BCUT2D eigenvalue weighted by atomic mass is 9.90. The van der Waals surface area contributed by atoms with Crippen LogP contribution in [0.5, 0.6) is 5.75 Å². The summed E-state index contributed by atoms with van der Waals surface area (Å²) >= 11 is 0. The SMILES string of the molecule is CCCC(F)(CN)c1ccccc1OCCOC. The van der Waals surface area contributed by atoms with Gasteiger partial charge in [0.05, 0.1) is 6.61 Å². The molecule has 0 amide bonds. The maximum Gasteiger partial charge on any atom is 0.151 e. The predicted molar refractivity (Wildman–Crippen MR) is 70.6 cm³/mol. The zero-order valence-corrected chi connectivity index (χ0v) is 11.1. The molecule has 0 radical (unpaired) electrons. The molecule has 1 atom stereocenters. The van der Waals surface area contributed by atoms with E-state index in [0.29, 0.717) is 30.9 Å². The molecule has 102 valence electrons. The van der Waals surface area contributed by atoms with Crippen LogP contribution in [0.25, 0.3) is 0 Å². The van der Waals surface area contributed by atoms with Crippen LogP contribution < -0.4 is 10.5 Å². The van der Waals surface area contributed by atoms with E-state index in [1.807, 2.05) is 13.0 Å². The Morgan fingerprint density at radius 2 is 2.00 bits per heavy atom. The van der Waals surface area contributed by atoms with Crippen molar-refractivity contribution in [3.05, 3.63) is 29.8 Å². The molecule has 1 aromatic rings. The molecule has 3 nitrogen and oxygen atoms in total. The maximum atomic E-state index is 14.8. The van der Waals surface area contributed by atoms with Crippen LogP contribution >= 0.6 is 0 Å². The summed E-state index contributed by atoms with van der Waals surface area (Å²) in [6, 6.07) is 7.14. The topological polar surface area (TPSA) is 44.5 Å². The van der Waals surface area contributed by atoms with Gasteiger partial charge in [-0.25, -0.2) is 4.39 Å². The summed E-state index contributed by atoms with van der Waals surface area (Å²) in [5, 5.41) is 0. The van der Waals surface area contributed by atoms with Gasteiger partial charge in [0.15, 0.2) is 5.67 Å². The molecule has 0 aliphatic rings. The van der Waals surface area contributed by atoms with Gasteiger partial charge >= 0.3 is 0 Å². The lowest BCUT2D eigenvalue weighted by molar-refractivity contribution is 0.131. The van der Waals surface area contributed by atoms with Crippen LogP contribution in [-0.2, 0) is 10.4 Å². The van der Waals surface area contributed by atoms with Gasteiger partial charge in [0, 0.05) is 19.2 Å². The van der Waals surface area contributed by atoms with Gasteiger partial charge in [0.25, 0.3) is 0 Å². The van der Waals surface area contributed by atoms with Crippen molar-refractivity contribution >= 4 is 0 Å². The summed E-state index contributed by atoms with van der Waals surface area (Å²) in [5.74, 6) is 0.552. The van der Waals surface area contributed by atoms with Crippen molar-refractivity contribution < 1.29 is 13.9 Å². The molecule has 18 heavy (non-hydrogen) atoms. The largest absolute Gasteiger partial charge is 0.491 e. The summed E-state index contributed by atoms with van der Waals surface area (Å²) in [6.07, 6.45) is 1.13. The van der Waals surface area contributed by atoms with Crippen LogP contribution in [0.3, 0.4) is 0 Å². The number of nitrogens with two attached hydrogens (primary N) is 1. The summed E-state index contributed by atoms with van der Waals surface area (Å²) in [6.45, 7) is 2.79. The number of benzene rings is 1. The average Bonchev–Trinajstić information content (AvgIpc) is 2.40. The molecule has 0 saturated carbocycles. The van der Waals surface area contributed by atoms with Crippen molar-refractivity contribution in [3.8, 4) is 5.75 Å². The number of ether oxygens (including phenoxy) is 2. The van der Waals surface area contributed by atoms with Crippen LogP contribution in [0, 0.1) is 0 Å². The van der Waals surface area contributed by atoms with Crippen LogP contribution in [0.2, 0.25) is 0 Å². The Bertz CT molecular complexity index is 359. The quantitative estimate of drug-likeness (QED) is 0.726. The van der Waals surface area contributed by atoms with E-state index in [0.717, 1.165) is 6.42 Å². The predicted octanol–water partition coefficient (Wildman–Crippen LogP) is 2.64. The monoisotopic (exact) mass is 255 g/mol. The average molecular weight is 255 g/mol. The first-order valence-corrected chi connectivity index (χ1v) is 6.28. The molecule has 1 rings (SSSR count). The van der Waals surface area contributed by atoms with E-state index in [9.17, 15) is 4.39 Å². The van der Waals surface area contributed by atoms with E-state index in [1.165, 1.54) is 0 Å². The van der Waals surface area contributed by atoms with Crippen LogP contribution in [0.4, 0.5) is 4.39 Å². The molecule has 0 saturated heterocycles. The first-order chi connectivity index (χ1) is 8.68. The van der Waals surface area contributed by atoms with Gasteiger partial charge in [-0.15, -0.1) is 0 Å². The molecule has 0 fully saturated rings. The molecule has 2 N–H and O–H groups in total. The Kier molecular flexibility index (Phi) is 6.09. The van der Waals surface area contributed by atoms with Crippen molar-refractivity contribution in [2.75, 3.05) is 26.9 Å². The molecule has 0 bridgehead atoms. The number of halogens is 1. The van der Waals surface area contributed by atoms with Gasteiger partial charge in [-0.1, -0.05) is 31.5 Å². The standard InChI is InChI=1S/C14H22FNO2/c1-3-8-14(15,11-16)12-6-4-5-7-13(12)18-10-9-17-2/h4-7H,3,8-11,16H2,1-2H3. The van der Waals surface area contributed by atoms with Gasteiger partial charge in [-0.2, -0.15) is 0 Å². The van der Waals surface area contributed by atoms with Crippen molar-refractivity contribution in [2.24, 2.45) is 5.73 Å². The van der Waals surface area contributed by atoms with E-state index >= 15 is 0 Å². The third kappa shape index (κ3) is 3.68. The van der Waals surface area contributed by atoms with Crippen molar-refractivity contribution in [1.82, 2.24) is 0 Å². The molecule has 0 aliphatic heterocycles. The van der Waals surface area contributed by atoms with Gasteiger partial charge in [-0.3, -0.25) is 0 Å². The highest BCUT2D eigenvalue weighted by molar-refractivity contribution is 5.38. The van der Waals surface area contributed by atoms with Crippen molar-refractivity contribution in [1.29, 1.82) is 0 Å². The lowest BCUT2D eigenvalue weighted by Gasteiger charge is -2.26. The fourth-order valence-corrected chi connectivity index (χ4v) is 1.94. The second kappa shape index (κ2) is 7.34. The van der Waals surface area contributed by atoms with Crippen LogP contribution in [-0.4, -0.2) is 26.9 Å². The Labute approximate surface area is 108 Å². The molecule has 0 heterocycles. The normalized spacial score (nSPS) is 14.2. The van der Waals surface area contributed by atoms with Gasteiger partial charge in [0.1, 0.15) is 12.4 Å². The Hall–Kier alpha value is -1.13. The van der Waals surface area contributed by atoms with Gasteiger partial charge < -0.3 is 15.2 Å². The summed E-state index contributed by atoms with van der Waals surface area (Å²) in [7, 11) is 1.60. The van der Waals surface area contributed by atoms with E-state index < -0.39 is 5.67 Å². The second-order valence-corrected chi connectivity index (χ2v) is 4.26. The number of methoxy groups -OCH3 is 1. The first kappa shape index (κ1) is 14.9. The minimum atomic E-state index is -1.52. The lowest BCUT2D eigenvalue weighted by Crippen LogP contribution is -2.31. The highest BCUT2D eigenvalue weighted by Gasteiger charge is 2.32. The summed E-state index contributed by atoms with van der Waals surface area (Å²) < 4.78 is 25.3. The van der Waals surface area contributed by atoms with Crippen LogP contribution in [0.1, 0.15) is 25.3 Å². The zero-order valence-electron chi connectivity index (χ0n) is 11.1. The fraction of sp³-hybridized carbons (Fsp3) is 0.571. The number of alkyl halides is 1. The Morgan fingerprint density at radius 1 is 1.28 bits per heavy atom. The van der Waals surface area contributed by atoms with Crippen molar-refractivity contribution in [3.63, 3.8) is 0 Å². The maximum absolute atomic E-state index is 14.8. The van der Waals surface area contributed by atoms with E-state index in [4.69, 9.17) is 15.2 Å². The molecule has 0 aliphatic carbocycles. The van der Waals surface area contributed by atoms with Crippen molar-refractivity contribution in [2.45, 2.75) is 25.4 Å². The van der Waals surface area contributed by atoms with Gasteiger partial charge in [0.2, 0.25) is 0 Å². The number of hydrogen-bond acceptors (Lipinski definition) is 3. The highest BCUT2D eigenvalue weighted by Crippen LogP contribution is 2.36. The van der Waals surface area contributed by atoms with E-state index in [-0.39, 0.29) is 6.54 Å². The van der Waals surface area contributed by atoms with E-state index in [1.54, 1.807) is 25.3 Å². The Morgan fingerprint density at radius 3 is 2.61 bits per heavy atom. The fourth-order valence-electron chi connectivity index (χ4n) is 1.94. The Balaban J connectivity index is 2.91.